The molecular formula is C16H24FN. The molecule has 1 fully saturated rings. The van der Waals surface area contributed by atoms with Gasteiger partial charge < -0.3 is 5.32 Å². The van der Waals surface area contributed by atoms with Crippen LogP contribution in [0.1, 0.15) is 44.2 Å². The van der Waals surface area contributed by atoms with Crippen LogP contribution in [0, 0.1) is 18.2 Å². The average molecular weight is 249 g/mol. The van der Waals surface area contributed by atoms with Gasteiger partial charge >= 0.3 is 0 Å². The van der Waals surface area contributed by atoms with E-state index in [0.29, 0.717) is 11.5 Å². The molecule has 0 bridgehead atoms. The molecule has 1 aliphatic carbocycles. The molecule has 1 nitrogen and oxygen atoms in total. The van der Waals surface area contributed by atoms with Gasteiger partial charge in [-0.3, -0.25) is 0 Å². The maximum Gasteiger partial charge on any atom is 0.123 e. The fraction of sp³-hybridized carbons (Fsp3) is 0.625. The Morgan fingerprint density at radius 2 is 2.17 bits per heavy atom. The van der Waals surface area contributed by atoms with Crippen LogP contribution in [0.4, 0.5) is 4.39 Å². The van der Waals surface area contributed by atoms with Crippen molar-refractivity contribution in [3.63, 3.8) is 0 Å². The highest BCUT2D eigenvalue weighted by molar-refractivity contribution is 5.26. The zero-order valence-corrected chi connectivity index (χ0v) is 11.7. The van der Waals surface area contributed by atoms with E-state index in [1.807, 2.05) is 13.0 Å². The second kappa shape index (κ2) is 5.40. The third kappa shape index (κ3) is 3.11. The van der Waals surface area contributed by atoms with Crippen LogP contribution in [0.2, 0.25) is 0 Å². The van der Waals surface area contributed by atoms with E-state index in [2.05, 4.69) is 19.2 Å². The SMILES string of the molecule is Cc1cc(F)ccc1CCNC1CCCC1(C)C. The van der Waals surface area contributed by atoms with Gasteiger partial charge in [0.2, 0.25) is 0 Å². The summed E-state index contributed by atoms with van der Waals surface area (Å²) >= 11 is 0. The molecular weight excluding hydrogens is 225 g/mol. The first kappa shape index (κ1) is 13.5. The molecule has 0 aliphatic heterocycles. The maximum atomic E-state index is 13.0. The quantitative estimate of drug-likeness (QED) is 0.854. The van der Waals surface area contributed by atoms with E-state index in [4.69, 9.17) is 0 Å². The van der Waals surface area contributed by atoms with Crippen molar-refractivity contribution in [3.05, 3.63) is 35.1 Å². The van der Waals surface area contributed by atoms with Crippen LogP contribution in [0.25, 0.3) is 0 Å². The van der Waals surface area contributed by atoms with E-state index in [9.17, 15) is 4.39 Å². The van der Waals surface area contributed by atoms with Crippen LogP contribution in [0.15, 0.2) is 18.2 Å². The molecule has 1 aliphatic rings. The zero-order chi connectivity index (χ0) is 13.2. The molecule has 1 saturated carbocycles. The van der Waals surface area contributed by atoms with Gasteiger partial charge in [-0.05, 0) is 61.4 Å². The second-order valence-corrected chi connectivity index (χ2v) is 6.21. The summed E-state index contributed by atoms with van der Waals surface area (Å²) in [6.45, 7) is 7.67. The molecule has 100 valence electrons. The van der Waals surface area contributed by atoms with Crippen LogP contribution in [0.3, 0.4) is 0 Å². The lowest BCUT2D eigenvalue weighted by molar-refractivity contribution is 0.285. The molecule has 1 unspecified atom stereocenters. The first-order valence-electron chi connectivity index (χ1n) is 6.97. The predicted molar refractivity (Wildman–Crippen MR) is 74.3 cm³/mol. The van der Waals surface area contributed by atoms with Gasteiger partial charge in [-0.25, -0.2) is 4.39 Å². The minimum Gasteiger partial charge on any atom is -0.313 e. The van der Waals surface area contributed by atoms with Crippen molar-refractivity contribution in [1.29, 1.82) is 0 Å². The van der Waals surface area contributed by atoms with E-state index in [-0.39, 0.29) is 5.82 Å². The fourth-order valence-electron chi connectivity index (χ4n) is 3.03. The first-order valence-corrected chi connectivity index (χ1v) is 6.97. The third-order valence-corrected chi connectivity index (χ3v) is 4.35. The van der Waals surface area contributed by atoms with Crippen molar-refractivity contribution in [2.24, 2.45) is 5.41 Å². The first-order chi connectivity index (χ1) is 8.49. The summed E-state index contributed by atoms with van der Waals surface area (Å²) in [7, 11) is 0. The van der Waals surface area contributed by atoms with Crippen molar-refractivity contribution >= 4 is 0 Å². The summed E-state index contributed by atoms with van der Waals surface area (Å²) in [5, 5.41) is 3.67. The minimum atomic E-state index is -0.138. The van der Waals surface area contributed by atoms with Crippen LogP contribution in [-0.4, -0.2) is 12.6 Å². The van der Waals surface area contributed by atoms with Crippen molar-refractivity contribution in [2.45, 2.75) is 52.5 Å². The Morgan fingerprint density at radius 1 is 1.39 bits per heavy atom. The third-order valence-electron chi connectivity index (χ3n) is 4.35. The molecule has 0 spiro atoms. The van der Waals surface area contributed by atoms with Crippen LogP contribution in [0.5, 0.6) is 0 Å². The standard InChI is InChI=1S/C16H24FN/c1-12-11-14(17)7-6-13(12)8-10-18-15-5-4-9-16(15,2)3/h6-7,11,15,18H,4-5,8-10H2,1-3H3. The van der Waals surface area contributed by atoms with Crippen molar-refractivity contribution in [1.82, 2.24) is 5.32 Å². The molecule has 18 heavy (non-hydrogen) atoms. The highest BCUT2D eigenvalue weighted by atomic mass is 19.1. The zero-order valence-electron chi connectivity index (χ0n) is 11.7. The monoisotopic (exact) mass is 249 g/mol. The van der Waals surface area contributed by atoms with Gasteiger partial charge in [-0.2, -0.15) is 0 Å². The number of halogens is 1. The van der Waals surface area contributed by atoms with Gasteiger partial charge in [0.25, 0.3) is 0 Å². The molecule has 0 aromatic heterocycles. The number of nitrogens with one attached hydrogen (secondary N) is 1. The van der Waals surface area contributed by atoms with E-state index in [1.165, 1.54) is 24.8 Å². The molecule has 1 atom stereocenters. The lowest BCUT2D eigenvalue weighted by Gasteiger charge is -2.28. The topological polar surface area (TPSA) is 12.0 Å². The van der Waals surface area contributed by atoms with Crippen LogP contribution in [-0.2, 0) is 6.42 Å². The smallest absolute Gasteiger partial charge is 0.123 e. The molecule has 1 N–H and O–H groups in total. The molecule has 1 aromatic rings. The summed E-state index contributed by atoms with van der Waals surface area (Å²) in [5.74, 6) is -0.138. The van der Waals surface area contributed by atoms with Crippen molar-refractivity contribution < 1.29 is 4.39 Å². The Balaban J connectivity index is 1.85. The van der Waals surface area contributed by atoms with Crippen molar-refractivity contribution in [2.75, 3.05) is 6.54 Å². The number of aryl methyl sites for hydroxylation is 1. The fourth-order valence-corrected chi connectivity index (χ4v) is 3.03. The highest BCUT2D eigenvalue weighted by Crippen LogP contribution is 2.37. The van der Waals surface area contributed by atoms with E-state index in [1.54, 1.807) is 12.1 Å². The van der Waals surface area contributed by atoms with Crippen molar-refractivity contribution in [3.8, 4) is 0 Å². The van der Waals surface area contributed by atoms with Gasteiger partial charge in [0.05, 0.1) is 0 Å². The Labute approximate surface area is 110 Å². The molecule has 2 heteroatoms. The molecule has 0 heterocycles. The maximum absolute atomic E-state index is 13.0. The number of benzene rings is 1. The summed E-state index contributed by atoms with van der Waals surface area (Å²) in [6.07, 6.45) is 4.93. The summed E-state index contributed by atoms with van der Waals surface area (Å²) < 4.78 is 13.0. The van der Waals surface area contributed by atoms with E-state index in [0.717, 1.165) is 18.5 Å². The number of hydrogen-bond acceptors (Lipinski definition) is 1. The molecule has 0 radical (unpaired) electrons. The minimum absolute atomic E-state index is 0.138. The molecule has 0 saturated heterocycles. The summed E-state index contributed by atoms with van der Waals surface area (Å²) in [4.78, 5) is 0. The number of hydrogen-bond donors (Lipinski definition) is 1. The molecule has 0 amide bonds. The van der Waals surface area contributed by atoms with Crippen LogP contribution < -0.4 is 5.32 Å². The lowest BCUT2D eigenvalue weighted by Crippen LogP contribution is -2.38. The Kier molecular flexibility index (Phi) is 4.06. The normalized spacial score (nSPS) is 22.3. The molecule has 2 rings (SSSR count). The average Bonchev–Trinajstić information content (AvgIpc) is 2.61. The van der Waals surface area contributed by atoms with E-state index < -0.39 is 0 Å². The Bertz CT molecular complexity index is 412. The Hall–Kier alpha value is -0.890. The van der Waals surface area contributed by atoms with Gasteiger partial charge in [-0.15, -0.1) is 0 Å². The highest BCUT2D eigenvalue weighted by Gasteiger charge is 2.33. The molecule has 1 aromatic carbocycles. The lowest BCUT2D eigenvalue weighted by atomic mass is 9.87. The summed E-state index contributed by atoms with van der Waals surface area (Å²) in [5.41, 5.74) is 2.74. The number of rotatable bonds is 4. The largest absolute Gasteiger partial charge is 0.313 e. The van der Waals surface area contributed by atoms with E-state index >= 15 is 0 Å². The van der Waals surface area contributed by atoms with Crippen LogP contribution >= 0.6 is 0 Å². The van der Waals surface area contributed by atoms with Gasteiger partial charge in [0.15, 0.2) is 0 Å². The van der Waals surface area contributed by atoms with Gasteiger partial charge in [-0.1, -0.05) is 26.3 Å². The Morgan fingerprint density at radius 3 is 2.78 bits per heavy atom. The second-order valence-electron chi connectivity index (χ2n) is 6.21. The van der Waals surface area contributed by atoms with Gasteiger partial charge in [0.1, 0.15) is 5.82 Å². The summed E-state index contributed by atoms with van der Waals surface area (Å²) in [6, 6.07) is 5.72. The van der Waals surface area contributed by atoms with Gasteiger partial charge in [0, 0.05) is 6.04 Å². The predicted octanol–water partition coefficient (Wildman–Crippen LogP) is 3.84.